The molecule has 2 heterocycles. The number of piperidine rings is 1. The zero-order valence-corrected chi connectivity index (χ0v) is 23.3. The lowest BCUT2D eigenvalue weighted by atomic mass is 9.98. The number of hydrogen-bond acceptors (Lipinski definition) is 8. The third-order valence-corrected chi connectivity index (χ3v) is 6.96. The minimum absolute atomic E-state index is 0.202. The summed E-state index contributed by atoms with van der Waals surface area (Å²) in [6.45, 7) is 8.07. The Bertz CT molecular complexity index is 1410. The molecular weight excluding hydrogens is 562 g/mol. The number of amides is 1. The van der Waals surface area contributed by atoms with Crippen LogP contribution in [0.4, 0.5) is 17.1 Å². The normalized spacial score (nSPS) is 13.9. The summed E-state index contributed by atoms with van der Waals surface area (Å²) >= 11 is 3.47. The quantitative estimate of drug-likeness (QED) is 0.238. The van der Waals surface area contributed by atoms with Crippen LogP contribution >= 0.6 is 15.9 Å². The van der Waals surface area contributed by atoms with Crippen LogP contribution in [0.5, 0.6) is 5.75 Å². The van der Waals surface area contributed by atoms with Crippen molar-refractivity contribution in [1.82, 2.24) is 9.88 Å². The number of carbonyl (C=O) groups is 2. The predicted octanol–water partition coefficient (Wildman–Crippen LogP) is 5.39. The van der Waals surface area contributed by atoms with Crippen LogP contribution in [0.25, 0.3) is 10.9 Å². The van der Waals surface area contributed by atoms with Crippen LogP contribution in [0.1, 0.15) is 25.3 Å². The van der Waals surface area contributed by atoms with Crippen molar-refractivity contribution >= 4 is 55.8 Å². The molecule has 4 rings (SSSR count). The summed E-state index contributed by atoms with van der Waals surface area (Å²) in [5.41, 5.74) is 2.81. The van der Waals surface area contributed by atoms with Crippen molar-refractivity contribution in [3.8, 4) is 11.8 Å². The molecule has 10 heteroatoms. The van der Waals surface area contributed by atoms with Gasteiger partial charge in [-0.05, 0) is 69.1 Å². The summed E-state index contributed by atoms with van der Waals surface area (Å²) in [6.07, 6.45) is 4.48. The number of benzene rings is 2. The Hall–Kier alpha value is -3.94. The van der Waals surface area contributed by atoms with E-state index in [1.54, 1.807) is 19.1 Å². The Labute approximate surface area is 235 Å². The molecule has 1 aromatic heterocycles. The Balaban J connectivity index is 1.57. The molecule has 2 N–H and O–H groups in total. The number of pyridine rings is 1. The van der Waals surface area contributed by atoms with Crippen molar-refractivity contribution in [2.24, 2.45) is 5.92 Å². The average Bonchev–Trinajstić information content (AvgIpc) is 2.93. The highest BCUT2D eigenvalue weighted by atomic mass is 79.9. The van der Waals surface area contributed by atoms with Crippen molar-refractivity contribution in [2.75, 3.05) is 43.5 Å². The highest BCUT2D eigenvalue weighted by molar-refractivity contribution is 9.10. The average molecular weight is 592 g/mol. The van der Waals surface area contributed by atoms with Gasteiger partial charge in [0.15, 0.2) is 0 Å². The lowest BCUT2D eigenvalue weighted by Gasteiger charge is -2.31. The number of nitriles is 1. The first-order chi connectivity index (χ1) is 18.9. The Morgan fingerprint density at radius 2 is 2.08 bits per heavy atom. The minimum atomic E-state index is -0.377. The van der Waals surface area contributed by atoms with Gasteiger partial charge in [-0.15, -0.1) is 0 Å². The summed E-state index contributed by atoms with van der Waals surface area (Å²) in [6, 6.07) is 13.3. The maximum atomic E-state index is 12.3. The van der Waals surface area contributed by atoms with Gasteiger partial charge in [0.1, 0.15) is 11.8 Å². The Morgan fingerprint density at radius 1 is 1.28 bits per heavy atom. The predicted molar refractivity (Wildman–Crippen MR) is 154 cm³/mol. The van der Waals surface area contributed by atoms with E-state index in [1.165, 1.54) is 12.3 Å². The van der Waals surface area contributed by atoms with E-state index >= 15 is 0 Å². The number of fused-ring (bicyclic) bond motifs is 1. The van der Waals surface area contributed by atoms with E-state index in [0.29, 0.717) is 59.3 Å². The van der Waals surface area contributed by atoms with Gasteiger partial charge in [0, 0.05) is 27.8 Å². The SMILES string of the molecule is C=CC(=O)Nc1cc2c(Nc3cccc(Br)c3)c(C#N)cnc2cc1OCC1CCN(CC(=O)OCC)CC1. The minimum Gasteiger partial charge on any atom is -0.491 e. The molecule has 39 heavy (non-hydrogen) atoms. The zero-order chi connectivity index (χ0) is 27.8. The molecule has 0 unspecified atom stereocenters. The number of esters is 1. The molecule has 202 valence electrons. The molecule has 0 radical (unpaired) electrons. The molecule has 0 saturated carbocycles. The number of nitrogens with one attached hydrogen (secondary N) is 2. The fourth-order valence-electron chi connectivity index (χ4n) is 4.46. The van der Waals surface area contributed by atoms with Gasteiger partial charge in [-0.25, -0.2) is 0 Å². The fourth-order valence-corrected chi connectivity index (χ4v) is 4.86. The molecule has 3 aromatic rings. The summed E-state index contributed by atoms with van der Waals surface area (Å²) in [5, 5.41) is 16.6. The molecule has 1 aliphatic heterocycles. The number of nitrogens with zero attached hydrogens (tertiary/aromatic N) is 3. The van der Waals surface area contributed by atoms with Crippen LogP contribution in [0, 0.1) is 17.2 Å². The fraction of sp³-hybridized carbons (Fsp3) is 0.310. The second kappa shape index (κ2) is 13.2. The van der Waals surface area contributed by atoms with Crippen molar-refractivity contribution in [3.63, 3.8) is 0 Å². The smallest absolute Gasteiger partial charge is 0.320 e. The number of aromatic nitrogens is 1. The number of likely N-dealkylation sites (tertiary alicyclic amines) is 1. The maximum Gasteiger partial charge on any atom is 0.320 e. The molecule has 1 amide bonds. The van der Waals surface area contributed by atoms with Crippen LogP contribution in [0.15, 0.2) is 59.7 Å². The standard InChI is InChI=1S/C29H30BrN5O4/c1-3-27(36)34-25-13-23-24(32-16-20(15-31)29(23)33-22-7-5-6-21(30)12-22)14-26(25)39-18-19-8-10-35(11-9-19)17-28(37)38-4-2/h3,5-7,12-14,16,19H,1,4,8-11,17-18H2,2H3,(H,32,33)(H,34,36). The van der Waals surface area contributed by atoms with Gasteiger partial charge in [-0.3, -0.25) is 19.5 Å². The lowest BCUT2D eigenvalue weighted by Crippen LogP contribution is -2.39. The number of carbonyl (C=O) groups excluding carboxylic acids is 2. The van der Waals surface area contributed by atoms with Gasteiger partial charge in [0.05, 0.1) is 42.2 Å². The van der Waals surface area contributed by atoms with Gasteiger partial charge < -0.3 is 20.1 Å². The summed E-state index contributed by atoms with van der Waals surface area (Å²) in [5.74, 6) is 0.200. The van der Waals surface area contributed by atoms with Gasteiger partial charge in [-0.1, -0.05) is 28.6 Å². The first kappa shape index (κ1) is 28.1. The van der Waals surface area contributed by atoms with Gasteiger partial charge in [0.25, 0.3) is 0 Å². The lowest BCUT2D eigenvalue weighted by molar-refractivity contribution is -0.144. The van der Waals surface area contributed by atoms with E-state index in [-0.39, 0.29) is 11.9 Å². The van der Waals surface area contributed by atoms with Crippen molar-refractivity contribution in [1.29, 1.82) is 5.26 Å². The first-order valence-corrected chi connectivity index (χ1v) is 13.5. The van der Waals surface area contributed by atoms with E-state index in [0.717, 1.165) is 36.1 Å². The summed E-state index contributed by atoms with van der Waals surface area (Å²) in [4.78, 5) is 30.6. The molecule has 9 nitrogen and oxygen atoms in total. The molecular formula is C29H30BrN5O4. The number of ether oxygens (including phenoxy) is 2. The van der Waals surface area contributed by atoms with Crippen molar-refractivity contribution in [2.45, 2.75) is 19.8 Å². The van der Waals surface area contributed by atoms with Crippen molar-refractivity contribution in [3.05, 3.63) is 65.3 Å². The van der Waals surface area contributed by atoms with Gasteiger partial charge in [0.2, 0.25) is 5.91 Å². The number of halogens is 1. The molecule has 2 aromatic carbocycles. The first-order valence-electron chi connectivity index (χ1n) is 12.7. The number of anilines is 3. The van der Waals surface area contributed by atoms with Gasteiger partial charge >= 0.3 is 5.97 Å². The molecule has 0 aliphatic carbocycles. The topological polar surface area (TPSA) is 117 Å². The van der Waals surface area contributed by atoms with E-state index in [1.807, 2.05) is 24.3 Å². The van der Waals surface area contributed by atoms with Crippen LogP contribution < -0.4 is 15.4 Å². The zero-order valence-electron chi connectivity index (χ0n) is 21.7. The van der Waals surface area contributed by atoms with E-state index in [2.05, 4.69) is 49.1 Å². The van der Waals surface area contributed by atoms with E-state index in [9.17, 15) is 14.9 Å². The Morgan fingerprint density at radius 3 is 2.77 bits per heavy atom. The van der Waals surface area contributed by atoms with Gasteiger partial charge in [-0.2, -0.15) is 5.26 Å². The van der Waals surface area contributed by atoms with E-state index in [4.69, 9.17) is 9.47 Å². The molecule has 0 spiro atoms. The number of hydrogen-bond donors (Lipinski definition) is 2. The number of rotatable bonds is 10. The molecule has 1 aliphatic rings. The highest BCUT2D eigenvalue weighted by Crippen LogP contribution is 2.37. The maximum absolute atomic E-state index is 12.3. The molecule has 0 bridgehead atoms. The van der Waals surface area contributed by atoms with Crippen molar-refractivity contribution < 1.29 is 19.1 Å². The monoisotopic (exact) mass is 591 g/mol. The third-order valence-electron chi connectivity index (χ3n) is 6.47. The highest BCUT2D eigenvalue weighted by Gasteiger charge is 2.23. The summed E-state index contributed by atoms with van der Waals surface area (Å²) < 4.78 is 12.2. The van der Waals surface area contributed by atoms with Crippen LogP contribution in [-0.4, -0.2) is 54.6 Å². The van der Waals surface area contributed by atoms with E-state index < -0.39 is 0 Å². The second-order valence-electron chi connectivity index (χ2n) is 9.19. The largest absolute Gasteiger partial charge is 0.491 e. The van der Waals surface area contributed by atoms with Crippen LogP contribution in [0.2, 0.25) is 0 Å². The molecule has 1 fully saturated rings. The Kier molecular flexibility index (Phi) is 9.52. The van der Waals surface area contributed by atoms with Crippen LogP contribution in [0.3, 0.4) is 0 Å². The molecule has 0 atom stereocenters. The summed E-state index contributed by atoms with van der Waals surface area (Å²) in [7, 11) is 0. The second-order valence-corrected chi connectivity index (χ2v) is 10.1. The van der Waals surface area contributed by atoms with Crippen LogP contribution in [-0.2, 0) is 14.3 Å². The third kappa shape index (κ3) is 7.34. The molecule has 1 saturated heterocycles.